The first kappa shape index (κ1) is 11.9. The number of aliphatic hydroxyl groups is 2. The summed E-state index contributed by atoms with van der Waals surface area (Å²) in [7, 11) is 0. The van der Waals surface area contributed by atoms with Crippen molar-refractivity contribution in [1.82, 2.24) is 4.90 Å². The van der Waals surface area contributed by atoms with Gasteiger partial charge in [-0.05, 0) is 26.8 Å². The molecule has 12 heavy (non-hydrogen) atoms. The number of nitrogens with zero attached hydrogens (tertiary/aromatic N) is 1. The molecule has 0 heterocycles. The molecular weight excluding hydrogens is 154 g/mol. The van der Waals surface area contributed by atoms with Gasteiger partial charge in [0, 0.05) is 13.1 Å². The molecule has 0 aromatic heterocycles. The minimum absolute atomic E-state index is 0.163. The Morgan fingerprint density at radius 1 is 1.25 bits per heavy atom. The van der Waals surface area contributed by atoms with Crippen LogP contribution in [-0.2, 0) is 0 Å². The van der Waals surface area contributed by atoms with Crippen molar-refractivity contribution in [3.8, 4) is 0 Å². The maximum absolute atomic E-state index is 9.52. The fourth-order valence-corrected chi connectivity index (χ4v) is 1.27. The van der Waals surface area contributed by atoms with E-state index in [1.54, 1.807) is 13.8 Å². The molecule has 0 spiro atoms. The van der Waals surface area contributed by atoms with Crippen molar-refractivity contribution in [3.05, 3.63) is 0 Å². The van der Waals surface area contributed by atoms with Gasteiger partial charge in [-0.3, -0.25) is 4.90 Å². The third kappa shape index (κ3) is 6.58. The van der Waals surface area contributed by atoms with Gasteiger partial charge in [0.05, 0.1) is 12.2 Å². The van der Waals surface area contributed by atoms with Gasteiger partial charge in [-0.25, -0.2) is 0 Å². The smallest absolute Gasteiger partial charge is 0.0718 e. The summed E-state index contributed by atoms with van der Waals surface area (Å²) in [5, 5.41) is 18.3. The molecule has 0 amide bonds. The Balaban J connectivity index is 3.77. The summed E-state index contributed by atoms with van der Waals surface area (Å²) >= 11 is 0. The lowest BCUT2D eigenvalue weighted by atomic mass is 10.1. The van der Waals surface area contributed by atoms with Crippen molar-refractivity contribution in [2.45, 2.75) is 32.8 Å². The van der Waals surface area contributed by atoms with Gasteiger partial charge in [-0.2, -0.15) is 0 Å². The molecule has 0 unspecified atom stereocenters. The largest absolute Gasteiger partial charge is 0.395 e. The molecule has 2 N–H and O–H groups in total. The van der Waals surface area contributed by atoms with E-state index in [0.29, 0.717) is 13.1 Å². The first-order chi connectivity index (χ1) is 5.49. The Labute approximate surface area is 75.0 Å². The van der Waals surface area contributed by atoms with E-state index >= 15 is 0 Å². The van der Waals surface area contributed by atoms with Crippen LogP contribution in [0.15, 0.2) is 0 Å². The Hall–Kier alpha value is -0.120. The Morgan fingerprint density at radius 2 is 1.83 bits per heavy atom. The molecular formula is C9H21NO2. The molecule has 0 aliphatic carbocycles. The topological polar surface area (TPSA) is 43.7 Å². The van der Waals surface area contributed by atoms with Crippen LogP contribution in [0.4, 0.5) is 0 Å². The van der Waals surface area contributed by atoms with E-state index in [0.717, 1.165) is 13.0 Å². The van der Waals surface area contributed by atoms with Crippen LogP contribution < -0.4 is 0 Å². The van der Waals surface area contributed by atoms with E-state index in [4.69, 9.17) is 5.11 Å². The summed E-state index contributed by atoms with van der Waals surface area (Å²) in [6.07, 6.45) is 1.05. The fourth-order valence-electron chi connectivity index (χ4n) is 1.27. The molecule has 0 rings (SSSR count). The molecule has 0 aromatic carbocycles. The monoisotopic (exact) mass is 175 g/mol. The standard InChI is InChI=1S/C9H21NO2/c1-4-5-10(6-7-11)8-9(2,3)12/h11-12H,4-8H2,1-3H3. The predicted molar refractivity (Wildman–Crippen MR) is 50.1 cm³/mol. The van der Waals surface area contributed by atoms with Gasteiger partial charge in [-0.1, -0.05) is 6.92 Å². The number of hydrogen-bond acceptors (Lipinski definition) is 3. The van der Waals surface area contributed by atoms with E-state index < -0.39 is 5.60 Å². The molecule has 3 nitrogen and oxygen atoms in total. The summed E-state index contributed by atoms with van der Waals surface area (Å²) < 4.78 is 0. The summed E-state index contributed by atoms with van der Waals surface area (Å²) in [5.74, 6) is 0. The highest BCUT2D eigenvalue weighted by Gasteiger charge is 2.16. The van der Waals surface area contributed by atoms with Crippen LogP contribution in [0.25, 0.3) is 0 Å². The Kier molecular flexibility index (Phi) is 5.46. The average molecular weight is 175 g/mol. The maximum atomic E-state index is 9.52. The number of aliphatic hydroxyl groups excluding tert-OH is 1. The van der Waals surface area contributed by atoms with Gasteiger partial charge in [0.1, 0.15) is 0 Å². The van der Waals surface area contributed by atoms with Gasteiger partial charge in [0.25, 0.3) is 0 Å². The minimum Gasteiger partial charge on any atom is -0.395 e. The van der Waals surface area contributed by atoms with Crippen molar-refractivity contribution in [2.75, 3.05) is 26.2 Å². The van der Waals surface area contributed by atoms with Crippen molar-refractivity contribution in [1.29, 1.82) is 0 Å². The van der Waals surface area contributed by atoms with E-state index in [9.17, 15) is 5.11 Å². The fraction of sp³-hybridized carbons (Fsp3) is 1.00. The predicted octanol–water partition coefficient (Wildman–Crippen LogP) is 0.462. The third-order valence-corrected chi connectivity index (χ3v) is 1.57. The molecule has 3 heteroatoms. The second-order valence-corrected chi connectivity index (χ2v) is 3.81. The van der Waals surface area contributed by atoms with Crippen LogP contribution in [-0.4, -0.2) is 47.0 Å². The maximum Gasteiger partial charge on any atom is 0.0718 e. The molecule has 0 saturated carbocycles. The van der Waals surface area contributed by atoms with Crippen LogP contribution in [0.3, 0.4) is 0 Å². The van der Waals surface area contributed by atoms with Gasteiger partial charge in [-0.15, -0.1) is 0 Å². The quantitative estimate of drug-likeness (QED) is 0.616. The Morgan fingerprint density at radius 3 is 2.17 bits per heavy atom. The zero-order chi connectivity index (χ0) is 9.61. The summed E-state index contributed by atoms with van der Waals surface area (Å²) in [5.41, 5.74) is -0.662. The van der Waals surface area contributed by atoms with Crippen molar-refractivity contribution in [3.63, 3.8) is 0 Å². The average Bonchev–Trinajstić information content (AvgIpc) is 1.84. The zero-order valence-electron chi connectivity index (χ0n) is 8.38. The van der Waals surface area contributed by atoms with Crippen LogP contribution in [0.2, 0.25) is 0 Å². The molecule has 0 aliphatic heterocycles. The van der Waals surface area contributed by atoms with Crippen LogP contribution in [0, 0.1) is 0 Å². The minimum atomic E-state index is -0.662. The zero-order valence-corrected chi connectivity index (χ0v) is 8.38. The van der Waals surface area contributed by atoms with Crippen molar-refractivity contribution < 1.29 is 10.2 Å². The molecule has 0 atom stereocenters. The highest BCUT2D eigenvalue weighted by atomic mass is 16.3. The highest BCUT2D eigenvalue weighted by Crippen LogP contribution is 2.04. The van der Waals surface area contributed by atoms with Crippen molar-refractivity contribution >= 4 is 0 Å². The normalized spacial score (nSPS) is 12.5. The molecule has 0 aliphatic rings. The summed E-state index contributed by atoms with van der Waals surface area (Å²) in [6, 6.07) is 0. The second-order valence-electron chi connectivity index (χ2n) is 3.81. The van der Waals surface area contributed by atoms with Crippen LogP contribution in [0.1, 0.15) is 27.2 Å². The van der Waals surface area contributed by atoms with E-state index in [1.807, 2.05) is 0 Å². The van der Waals surface area contributed by atoms with Gasteiger partial charge >= 0.3 is 0 Å². The van der Waals surface area contributed by atoms with Gasteiger partial charge in [0.15, 0.2) is 0 Å². The van der Waals surface area contributed by atoms with Crippen molar-refractivity contribution in [2.24, 2.45) is 0 Å². The number of hydrogen-bond donors (Lipinski definition) is 2. The lowest BCUT2D eigenvalue weighted by Gasteiger charge is -2.27. The first-order valence-corrected chi connectivity index (χ1v) is 4.55. The molecule has 74 valence electrons. The van der Waals surface area contributed by atoms with E-state index in [-0.39, 0.29) is 6.61 Å². The molecule has 0 fully saturated rings. The lowest BCUT2D eigenvalue weighted by Crippen LogP contribution is -2.40. The lowest BCUT2D eigenvalue weighted by molar-refractivity contribution is 0.0310. The van der Waals surface area contributed by atoms with Gasteiger partial charge in [0.2, 0.25) is 0 Å². The molecule has 0 aromatic rings. The van der Waals surface area contributed by atoms with E-state index in [1.165, 1.54) is 0 Å². The molecule has 0 radical (unpaired) electrons. The van der Waals surface area contributed by atoms with Gasteiger partial charge < -0.3 is 10.2 Å². The summed E-state index contributed by atoms with van der Waals surface area (Å²) in [4.78, 5) is 2.07. The SMILES string of the molecule is CCCN(CCO)CC(C)(C)O. The second kappa shape index (κ2) is 5.51. The molecule has 0 saturated heterocycles. The highest BCUT2D eigenvalue weighted by molar-refractivity contribution is 4.71. The van der Waals surface area contributed by atoms with Crippen LogP contribution in [0.5, 0.6) is 0 Å². The summed E-state index contributed by atoms with van der Waals surface area (Å²) in [6.45, 7) is 8.04. The van der Waals surface area contributed by atoms with E-state index in [2.05, 4.69) is 11.8 Å². The third-order valence-electron chi connectivity index (χ3n) is 1.57. The first-order valence-electron chi connectivity index (χ1n) is 4.55. The molecule has 0 bridgehead atoms. The number of rotatable bonds is 6. The van der Waals surface area contributed by atoms with Crippen LogP contribution >= 0.6 is 0 Å². The Bertz CT molecular complexity index is 104.